The Kier molecular flexibility index (Phi) is 9.07. The van der Waals surface area contributed by atoms with Crippen molar-refractivity contribution in [2.75, 3.05) is 0 Å². The van der Waals surface area contributed by atoms with Crippen LogP contribution in [0.2, 0.25) is 10.0 Å². The van der Waals surface area contributed by atoms with Gasteiger partial charge in [0.25, 0.3) is 0 Å². The van der Waals surface area contributed by atoms with E-state index in [9.17, 15) is 20.3 Å². The van der Waals surface area contributed by atoms with Crippen molar-refractivity contribution < 1.29 is 23.8 Å². The van der Waals surface area contributed by atoms with Crippen LogP contribution in [0.25, 0.3) is 0 Å². The zero-order valence-corrected chi connectivity index (χ0v) is 24.3. The highest BCUT2D eigenvalue weighted by atomic mass is 35.5. The molecule has 5 unspecified atom stereocenters. The summed E-state index contributed by atoms with van der Waals surface area (Å²) in [7, 11) is 0. The number of carboxylic acid groups (broad SMARTS) is 1. The van der Waals surface area contributed by atoms with E-state index in [0.717, 1.165) is 6.07 Å². The SMILES string of the molecule is CC(C)(C)CC1NC(C(O)NCc2cccc(C(=O)O)c2)C(c2cccc(Cl)c2F)C1(C#N)c1ccc(Cl)cc1F. The smallest absolute Gasteiger partial charge is 0.335 e. The Hall–Kier alpha value is -3.06. The lowest BCUT2D eigenvalue weighted by molar-refractivity contribution is 0.0696. The van der Waals surface area contributed by atoms with Gasteiger partial charge in [-0.3, -0.25) is 5.32 Å². The number of rotatable bonds is 8. The molecule has 0 spiro atoms. The molecule has 216 valence electrons. The summed E-state index contributed by atoms with van der Waals surface area (Å²) in [5.41, 5.74) is -1.26. The van der Waals surface area contributed by atoms with Crippen molar-refractivity contribution in [3.8, 4) is 6.07 Å². The van der Waals surface area contributed by atoms with Crippen LogP contribution in [0.3, 0.4) is 0 Å². The van der Waals surface area contributed by atoms with Crippen LogP contribution in [0.5, 0.6) is 0 Å². The summed E-state index contributed by atoms with van der Waals surface area (Å²) in [6.07, 6.45) is -0.981. The topological polar surface area (TPSA) is 105 Å². The van der Waals surface area contributed by atoms with E-state index in [-0.39, 0.29) is 38.7 Å². The van der Waals surface area contributed by atoms with Gasteiger partial charge in [0.2, 0.25) is 0 Å². The summed E-state index contributed by atoms with van der Waals surface area (Å²) in [6.45, 7) is 5.99. The number of benzene rings is 3. The van der Waals surface area contributed by atoms with Crippen molar-refractivity contribution in [2.24, 2.45) is 5.41 Å². The maximum atomic E-state index is 15.7. The van der Waals surface area contributed by atoms with Crippen molar-refractivity contribution >= 4 is 29.2 Å². The predicted molar refractivity (Wildman–Crippen MR) is 154 cm³/mol. The van der Waals surface area contributed by atoms with Gasteiger partial charge in [-0.1, -0.05) is 74.3 Å². The van der Waals surface area contributed by atoms with Crippen molar-refractivity contribution in [3.05, 3.63) is 105 Å². The Morgan fingerprint density at radius 2 is 1.85 bits per heavy atom. The normalized spacial score (nSPS) is 23.2. The zero-order valence-electron chi connectivity index (χ0n) is 22.8. The van der Waals surface area contributed by atoms with E-state index >= 15 is 8.78 Å². The largest absolute Gasteiger partial charge is 0.478 e. The number of carbonyl (C=O) groups is 1. The van der Waals surface area contributed by atoms with E-state index in [1.54, 1.807) is 18.2 Å². The molecule has 1 heterocycles. The minimum atomic E-state index is -1.68. The van der Waals surface area contributed by atoms with Gasteiger partial charge < -0.3 is 15.5 Å². The van der Waals surface area contributed by atoms with Crippen molar-refractivity contribution in [1.29, 1.82) is 5.26 Å². The molecule has 6 nitrogen and oxygen atoms in total. The fraction of sp³-hybridized carbons (Fsp3) is 0.355. The molecule has 0 aromatic heterocycles. The molecular weight excluding hydrogens is 571 g/mol. The molecule has 0 aliphatic carbocycles. The fourth-order valence-corrected chi connectivity index (χ4v) is 6.16. The lowest BCUT2D eigenvalue weighted by Crippen LogP contribution is -2.48. The molecule has 3 aromatic carbocycles. The molecular formula is C31H31Cl2F2N3O3. The van der Waals surface area contributed by atoms with Gasteiger partial charge in [0, 0.05) is 29.1 Å². The monoisotopic (exact) mass is 601 g/mol. The number of nitriles is 1. The molecule has 0 radical (unpaired) electrons. The third-order valence-electron chi connectivity index (χ3n) is 7.52. The maximum Gasteiger partial charge on any atom is 0.335 e. The summed E-state index contributed by atoms with van der Waals surface area (Å²) in [5, 5.41) is 38.1. The minimum absolute atomic E-state index is 0.0272. The van der Waals surface area contributed by atoms with E-state index in [1.807, 2.05) is 20.8 Å². The number of nitrogens with one attached hydrogen (secondary N) is 2. The van der Waals surface area contributed by atoms with Crippen LogP contribution in [0.1, 0.15) is 60.2 Å². The summed E-state index contributed by atoms with van der Waals surface area (Å²) in [5.74, 6) is -3.67. The van der Waals surface area contributed by atoms with Crippen LogP contribution in [-0.4, -0.2) is 34.5 Å². The van der Waals surface area contributed by atoms with E-state index in [2.05, 4.69) is 16.7 Å². The van der Waals surface area contributed by atoms with E-state index in [0.29, 0.717) is 12.0 Å². The van der Waals surface area contributed by atoms with Gasteiger partial charge in [-0.05, 0) is 53.3 Å². The van der Waals surface area contributed by atoms with Gasteiger partial charge in [0.1, 0.15) is 23.3 Å². The Balaban J connectivity index is 1.86. The van der Waals surface area contributed by atoms with E-state index < -0.39 is 47.2 Å². The molecule has 5 atom stereocenters. The highest BCUT2D eigenvalue weighted by Crippen LogP contribution is 2.53. The standard InChI is InChI=1S/C31H31Cl2F2N3O3/c1-30(2,3)14-24-31(16-36,21-11-10-19(32)13-23(21)34)25(20-8-5-9-22(33)26(20)35)27(38-24)28(39)37-15-17-6-4-7-18(12-17)29(40)41/h4-13,24-25,27-28,37-39H,14-15H2,1-3H3,(H,40,41). The first-order valence-electron chi connectivity index (χ1n) is 13.1. The number of aliphatic hydroxyl groups is 1. The third kappa shape index (κ3) is 6.25. The number of aromatic carboxylic acids is 1. The summed E-state index contributed by atoms with van der Waals surface area (Å²) in [4.78, 5) is 11.4. The van der Waals surface area contributed by atoms with Crippen molar-refractivity contribution in [2.45, 2.75) is 63.4 Å². The van der Waals surface area contributed by atoms with Crippen molar-refractivity contribution in [3.63, 3.8) is 0 Å². The molecule has 1 saturated heterocycles. The van der Waals surface area contributed by atoms with E-state index in [4.69, 9.17) is 23.2 Å². The molecule has 1 aliphatic heterocycles. The number of hydrogen-bond acceptors (Lipinski definition) is 5. The quantitative estimate of drug-likeness (QED) is 0.223. The molecule has 1 aliphatic rings. The van der Waals surface area contributed by atoms with Crippen LogP contribution in [-0.2, 0) is 12.0 Å². The molecule has 4 rings (SSSR count). The van der Waals surface area contributed by atoms with Crippen LogP contribution >= 0.6 is 23.2 Å². The zero-order chi connectivity index (χ0) is 30.1. The lowest BCUT2D eigenvalue weighted by atomic mass is 9.62. The number of halogens is 4. The molecule has 3 aromatic rings. The molecule has 41 heavy (non-hydrogen) atoms. The molecule has 0 bridgehead atoms. The van der Waals surface area contributed by atoms with Gasteiger partial charge in [0.15, 0.2) is 0 Å². The summed E-state index contributed by atoms with van der Waals surface area (Å²) < 4.78 is 31.4. The molecule has 4 N–H and O–H groups in total. The highest BCUT2D eigenvalue weighted by Gasteiger charge is 2.60. The van der Waals surface area contributed by atoms with Crippen molar-refractivity contribution in [1.82, 2.24) is 10.6 Å². The molecule has 10 heteroatoms. The lowest BCUT2D eigenvalue weighted by Gasteiger charge is -2.38. The van der Waals surface area contributed by atoms with Crippen LogP contribution < -0.4 is 10.6 Å². The number of hydrogen-bond donors (Lipinski definition) is 4. The Labute approximate surface area is 247 Å². The van der Waals surface area contributed by atoms with Gasteiger partial charge >= 0.3 is 5.97 Å². The summed E-state index contributed by atoms with van der Waals surface area (Å²) >= 11 is 12.2. The van der Waals surface area contributed by atoms with E-state index in [1.165, 1.54) is 36.4 Å². The molecule has 1 fully saturated rings. The highest BCUT2D eigenvalue weighted by molar-refractivity contribution is 6.31. The van der Waals surface area contributed by atoms with Gasteiger partial charge in [-0.15, -0.1) is 0 Å². The van der Waals surface area contributed by atoms with Gasteiger partial charge in [-0.25, -0.2) is 13.6 Å². The second kappa shape index (κ2) is 12.0. The Morgan fingerprint density at radius 3 is 2.49 bits per heavy atom. The first-order valence-corrected chi connectivity index (χ1v) is 13.8. The number of nitrogens with zero attached hydrogens (tertiary/aromatic N) is 1. The second-order valence-electron chi connectivity index (χ2n) is 11.6. The average molecular weight is 603 g/mol. The number of carboxylic acids is 1. The van der Waals surface area contributed by atoms with Gasteiger partial charge in [-0.2, -0.15) is 5.26 Å². The van der Waals surface area contributed by atoms with Crippen LogP contribution in [0.4, 0.5) is 8.78 Å². The third-order valence-corrected chi connectivity index (χ3v) is 8.04. The average Bonchev–Trinajstić information content (AvgIpc) is 3.22. The predicted octanol–water partition coefficient (Wildman–Crippen LogP) is 6.40. The van der Waals surface area contributed by atoms with Crippen LogP contribution in [0.15, 0.2) is 60.7 Å². The number of aliphatic hydroxyl groups excluding tert-OH is 1. The minimum Gasteiger partial charge on any atom is -0.478 e. The molecule has 0 saturated carbocycles. The second-order valence-corrected chi connectivity index (χ2v) is 12.4. The van der Waals surface area contributed by atoms with Crippen LogP contribution in [0, 0.1) is 28.4 Å². The molecule has 0 amide bonds. The fourth-order valence-electron chi connectivity index (χ4n) is 5.82. The maximum absolute atomic E-state index is 15.7. The summed E-state index contributed by atoms with van der Waals surface area (Å²) in [6, 6.07) is 15.3. The van der Waals surface area contributed by atoms with Gasteiger partial charge in [0.05, 0.1) is 22.7 Å². The first-order chi connectivity index (χ1) is 19.3. The first kappa shape index (κ1) is 30.9. The Morgan fingerprint density at radius 1 is 1.15 bits per heavy atom. The Bertz CT molecular complexity index is 1490.